The molecule has 0 fully saturated rings. The maximum atomic E-state index is 13.6. The van der Waals surface area contributed by atoms with Crippen molar-refractivity contribution in [2.24, 2.45) is 0 Å². The molecule has 1 aliphatic heterocycles. The molecular formula is C27H25NO4. The number of nitrogens with zero attached hydrogens (tertiary/aromatic N) is 1. The normalized spacial score (nSPS) is 16.1. The van der Waals surface area contributed by atoms with Crippen molar-refractivity contribution in [2.45, 2.75) is 45.7 Å². The monoisotopic (exact) mass is 427 g/mol. The van der Waals surface area contributed by atoms with Gasteiger partial charge in [0.15, 0.2) is 5.43 Å². The van der Waals surface area contributed by atoms with Crippen LogP contribution in [0.2, 0.25) is 0 Å². The smallest absolute Gasteiger partial charge is 0.291 e. The van der Waals surface area contributed by atoms with Gasteiger partial charge in [-0.05, 0) is 47.7 Å². The maximum Gasteiger partial charge on any atom is 0.291 e. The molecule has 5 nitrogen and oxygen atoms in total. The fourth-order valence-corrected chi connectivity index (χ4v) is 4.38. The first-order valence-corrected chi connectivity index (χ1v) is 10.8. The summed E-state index contributed by atoms with van der Waals surface area (Å²) in [5.74, 6) is 0.457. The first-order valence-electron chi connectivity index (χ1n) is 10.8. The molecule has 1 amide bonds. The predicted molar refractivity (Wildman–Crippen MR) is 123 cm³/mol. The Morgan fingerprint density at radius 3 is 2.41 bits per heavy atom. The molecule has 0 radical (unpaired) electrons. The zero-order valence-electron chi connectivity index (χ0n) is 18.6. The minimum atomic E-state index is -0.544. The second-order valence-corrected chi connectivity index (χ2v) is 9.46. The lowest BCUT2D eigenvalue weighted by atomic mass is 9.86. The van der Waals surface area contributed by atoms with Crippen molar-refractivity contribution < 1.29 is 13.6 Å². The highest BCUT2D eigenvalue weighted by atomic mass is 16.3. The molecule has 0 spiro atoms. The van der Waals surface area contributed by atoms with Crippen LogP contribution in [-0.4, -0.2) is 10.8 Å². The summed E-state index contributed by atoms with van der Waals surface area (Å²) >= 11 is 0. The number of aryl methyl sites for hydroxylation is 1. The van der Waals surface area contributed by atoms with Crippen LogP contribution in [0.3, 0.4) is 0 Å². The molecule has 162 valence electrons. The molecule has 32 heavy (non-hydrogen) atoms. The Kier molecular flexibility index (Phi) is 4.59. The van der Waals surface area contributed by atoms with E-state index in [1.807, 2.05) is 37.3 Å². The highest BCUT2D eigenvalue weighted by molar-refractivity contribution is 5.99. The third-order valence-electron chi connectivity index (χ3n) is 6.12. The Labute approximate surface area is 186 Å². The lowest BCUT2D eigenvalue weighted by Gasteiger charge is -2.25. The Balaban J connectivity index is 1.71. The number of hydrogen-bond donors (Lipinski definition) is 0. The van der Waals surface area contributed by atoms with Crippen LogP contribution in [0.1, 0.15) is 65.4 Å². The third-order valence-corrected chi connectivity index (χ3v) is 6.12. The summed E-state index contributed by atoms with van der Waals surface area (Å²) in [6.07, 6.45) is 1.58. The van der Waals surface area contributed by atoms with Crippen molar-refractivity contribution >= 4 is 16.9 Å². The Hall–Kier alpha value is -3.60. The van der Waals surface area contributed by atoms with Gasteiger partial charge in [-0.1, -0.05) is 56.7 Å². The van der Waals surface area contributed by atoms with Gasteiger partial charge < -0.3 is 13.7 Å². The van der Waals surface area contributed by atoms with Gasteiger partial charge in [-0.3, -0.25) is 9.59 Å². The van der Waals surface area contributed by atoms with Crippen LogP contribution in [-0.2, 0) is 12.0 Å². The molecule has 4 aromatic rings. The molecule has 2 aromatic heterocycles. The van der Waals surface area contributed by atoms with E-state index in [1.54, 1.807) is 23.3 Å². The second kappa shape index (κ2) is 7.23. The summed E-state index contributed by atoms with van der Waals surface area (Å²) in [5, 5.41) is 0.493. The van der Waals surface area contributed by atoms with Gasteiger partial charge >= 0.3 is 0 Å². The van der Waals surface area contributed by atoms with Gasteiger partial charge in [0, 0.05) is 0 Å². The van der Waals surface area contributed by atoms with Crippen molar-refractivity contribution in [3.63, 3.8) is 0 Å². The van der Waals surface area contributed by atoms with Crippen molar-refractivity contribution in [1.29, 1.82) is 0 Å². The molecule has 0 bridgehead atoms. The van der Waals surface area contributed by atoms with Gasteiger partial charge in [0.1, 0.15) is 11.3 Å². The van der Waals surface area contributed by atoms with Crippen molar-refractivity contribution in [3.05, 3.63) is 105 Å². The molecule has 0 saturated carbocycles. The topological polar surface area (TPSA) is 63.7 Å². The zero-order chi connectivity index (χ0) is 22.6. The van der Waals surface area contributed by atoms with E-state index in [4.69, 9.17) is 8.83 Å². The van der Waals surface area contributed by atoms with E-state index in [1.165, 1.54) is 5.56 Å². The summed E-state index contributed by atoms with van der Waals surface area (Å²) in [6, 6.07) is 16.7. The summed E-state index contributed by atoms with van der Waals surface area (Å²) in [4.78, 5) is 28.7. The fourth-order valence-electron chi connectivity index (χ4n) is 4.38. The number of rotatable bonds is 3. The zero-order valence-corrected chi connectivity index (χ0v) is 18.6. The van der Waals surface area contributed by atoms with E-state index in [0.717, 1.165) is 11.1 Å². The molecule has 5 rings (SSSR count). The van der Waals surface area contributed by atoms with Crippen LogP contribution in [0.5, 0.6) is 0 Å². The number of fused-ring (bicyclic) bond motifs is 2. The van der Waals surface area contributed by atoms with Gasteiger partial charge in [0.2, 0.25) is 5.76 Å². The molecule has 5 heteroatoms. The van der Waals surface area contributed by atoms with E-state index in [0.29, 0.717) is 22.3 Å². The fraction of sp³-hybridized carbons (Fsp3) is 0.259. The van der Waals surface area contributed by atoms with Gasteiger partial charge in [0.25, 0.3) is 5.91 Å². The quantitative estimate of drug-likeness (QED) is 0.418. The summed E-state index contributed by atoms with van der Waals surface area (Å²) in [5.41, 5.74) is 3.68. The third kappa shape index (κ3) is 3.25. The van der Waals surface area contributed by atoms with Crippen LogP contribution in [0.4, 0.5) is 0 Å². The van der Waals surface area contributed by atoms with Gasteiger partial charge in [-0.25, -0.2) is 0 Å². The molecular weight excluding hydrogens is 402 g/mol. The highest BCUT2D eigenvalue weighted by Crippen LogP contribution is 2.39. The van der Waals surface area contributed by atoms with E-state index >= 15 is 0 Å². The Morgan fingerprint density at radius 2 is 1.75 bits per heavy atom. The van der Waals surface area contributed by atoms with Crippen molar-refractivity contribution in [1.82, 2.24) is 4.90 Å². The lowest BCUT2D eigenvalue weighted by molar-refractivity contribution is 0.0701. The van der Waals surface area contributed by atoms with Crippen LogP contribution < -0.4 is 5.43 Å². The van der Waals surface area contributed by atoms with Crippen LogP contribution in [0.25, 0.3) is 11.0 Å². The van der Waals surface area contributed by atoms with E-state index in [-0.39, 0.29) is 29.1 Å². The average Bonchev–Trinajstić information content (AvgIpc) is 3.36. The van der Waals surface area contributed by atoms with E-state index in [2.05, 4.69) is 32.9 Å². The lowest BCUT2D eigenvalue weighted by Crippen LogP contribution is -2.29. The predicted octanol–water partition coefficient (Wildman–Crippen LogP) is 5.74. The maximum absolute atomic E-state index is 13.6. The number of amides is 1. The standard InChI is InChI=1S/C27H25NO4/c1-16-7-12-21-20(14-16)24(29)22-23(17-8-10-18(11-9-17)27(2,3)4)28(26(30)25(22)32-21)15-19-6-5-13-31-19/h5-14,23H,15H2,1-4H3. The molecule has 1 unspecified atom stereocenters. The number of hydrogen-bond acceptors (Lipinski definition) is 4. The number of carbonyl (C=O) groups excluding carboxylic acids is 1. The second-order valence-electron chi connectivity index (χ2n) is 9.46. The largest absolute Gasteiger partial charge is 0.467 e. The van der Waals surface area contributed by atoms with Gasteiger partial charge in [-0.2, -0.15) is 0 Å². The van der Waals surface area contributed by atoms with Crippen LogP contribution in [0.15, 0.2) is 74.5 Å². The first kappa shape index (κ1) is 20.3. The molecule has 1 atom stereocenters. The minimum Gasteiger partial charge on any atom is -0.467 e. The summed E-state index contributed by atoms with van der Waals surface area (Å²) in [7, 11) is 0. The minimum absolute atomic E-state index is 0.00253. The first-order chi connectivity index (χ1) is 15.2. The molecule has 1 aliphatic rings. The van der Waals surface area contributed by atoms with Gasteiger partial charge in [0.05, 0.1) is 29.8 Å². The van der Waals surface area contributed by atoms with Gasteiger partial charge in [-0.15, -0.1) is 0 Å². The summed E-state index contributed by atoms with van der Waals surface area (Å²) in [6.45, 7) is 8.65. The van der Waals surface area contributed by atoms with E-state index in [9.17, 15) is 9.59 Å². The SMILES string of the molecule is Cc1ccc2oc3c(c(=O)c2c1)C(c1ccc(C(C)(C)C)cc1)N(Cc1ccco1)C3=O. The highest BCUT2D eigenvalue weighted by Gasteiger charge is 2.43. The van der Waals surface area contributed by atoms with Crippen molar-refractivity contribution in [3.8, 4) is 0 Å². The molecule has 3 heterocycles. The Morgan fingerprint density at radius 1 is 1.00 bits per heavy atom. The average molecular weight is 428 g/mol. The molecule has 0 aliphatic carbocycles. The van der Waals surface area contributed by atoms with Crippen LogP contribution >= 0.6 is 0 Å². The molecule has 0 saturated heterocycles. The van der Waals surface area contributed by atoms with Crippen molar-refractivity contribution in [2.75, 3.05) is 0 Å². The number of furan rings is 1. The number of carbonyl (C=O) groups is 1. The molecule has 0 N–H and O–H groups in total. The van der Waals surface area contributed by atoms with E-state index < -0.39 is 6.04 Å². The van der Waals surface area contributed by atoms with Crippen LogP contribution in [0, 0.1) is 6.92 Å². The number of benzene rings is 2. The summed E-state index contributed by atoms with van der Waals surface area (Å²) < 4.78 is 11.5. The molecule has 2 aromatic carbocycles. The Bertz CT molecular complexity index is 1370.